The third kappa shape index (κ3) is 3.09. The van der Waals surface area contributed by atoms with Gasteiger partial charge in [0, 0.05) is 12.1 Å². The van der Waals surface area contributed by atoms with Crippen molar-refractivity contribution in [2.45, 2.75) is 6.42 Å². The van der Waals surface area contributed by atoms with Crippen molar-refractivity contribution in [2.24, 2.45) is 0 Å². The molecule has 0 saturated carbocycles. The van der Waals surface area contributed by atoms with Crippen molar-refractivity contribution in [1.29, 1.82) is 0 Å². The maximum absolute atomic E-state index is 13.2. The van der Waals surface area contributed by atoms with E-state index in [4.69, 9.17) is 0 Å². The molecule has 0 aromatic heterocycles. The molecule has 0 bridgehead atoms. The molecule has 0 atom stereocenters. The van der Waals surface area contributed by atoms with E-state index < -0.39 is 4.92 Å². The molecule has 138 valence electrons. The smallest absolute Gasteiger partial charge is 0.269 e. The number of nitro groups is 1. The van der Waals surface area contributed by atoms with Gasteiger partial charge in [0.05, 0.1) is 34.0 Å². The van der Waals surface area contributed by atoms with Gasteiger partial charge >= 0.3 is 0 Å². The maximum atomic E-state index is 13.2. The molecule has 3 aromatic carbocycles. The summed E-state index contributed by atoms with van der Waals surface area (Å²) in [5, 5.41) is 13.7. The summed E-state index contributed by atoms with van der Waals surface area (Å²) in [4.78, 5) is 37.7. The fraction of sp³-hybridized carbons (Fsp3) is 0.0476. The summed E-state index contributed by atoms with van der Waals surface area (Å²) in [6.07, 6.45) is 0.0366. The number of nitrogens with one attached hydrogen (secondary N) is 1. The minimum absolute atomic E-state index is 0.0311. The molecule has 1 heterocycles. The molecule has 0 unspecified atom stereocenters. The van der Waals surface area contributed by atoms with Crippen LogP contribution in [0.1, 0.15) is 15.9 Å². The Morgan fingerprint density at radius 2 is 1.57 bits per heavy atom. The Morgan fingerprint density at radius 3 is 2.29 bits per heavy atom. The molecular formula is C21H15N3O4. The van der Waals surface area contributed by atoms with Crippen molar-refractivity contribution in [1.82, 2.24) is 0 Å². The third-order valence-electron chi connectivity index (χ3n) is 4.53. The van der Waals surface area contributed by atoms with Crippen LogP contribution in [0.25, 0.3) is 0 Å². The molecule has 0 fully saturated rings. The number of benzene rings is 3. The van der Waals surface area contributed by atoms with Crippen molar-refractivity contribution in [3.63, 3.8) is 0 Å². The highest BCUT2D eigenvalue weighted by Gasteiger charge is 2.28. The molecule has 1 N–H and O–H groups in total. The number of rotatable bonds is 3. The average Bonchev–Trinajstić information content (AvgIpc) is 2.82. The normalized spacial score (nSPS) is 12.4. The number of amides is 2. The van der Waals surface area contributed by atoms with Crippen LogP contribution < -0.4 is 10.2 Å². The molecule has 0 radical (unpaired) electrons. The van der Waals surface area contributed by atoms with Crippen molar-refractivity contribution in [3.05, 3.63) is 94.0 Å². The minimum atomic E-state index is -0.482. The number of anilines is 3. The number of nitro benzene ring substituents is 1. The van der Waals surface area contributed by atoms with Crippen LogP contribution in [0.15, 0.2) is 72.8 Å². The summed E-state index contributed by atoms with van der Waals surface area (Å²) >= 11 is 0. The van der Waals surface area contributed by atoms with Gasteiger partial charge in [0.25, 0.3) is 11.6 Å². The molecule has 1 aliphatic heterocycles. The first kappa shape index (κ1) is 17.4. The van der Waals surface area contributed by atoms with Gasteiger partial charge in [-0.1, -0.05) is 36.4 Å². The van der Waals surface area contributed by atoms with Crippen molar-refractivity contribution in [2.75, 3.05) is 10.2 Å². The largest absolute Gasteiger partial charge is 0.320 e. The molecule has 3 aromatic rings. The molecule has 7 heteroatoms. The number of carbonyl (C=O) groups is 2. The van der Waals surface area contributed by atoms with Gasteiger partial charge in [0.15, 0.2) is 0 Å². The molecule has 0 aliphatic carbocycles. The van der Waals surface area contributed by atoms with Crippen LogP contribution in [0.4, 0.5) is 22.7 Å². The lowest BCUT2D eigenvalue weighted by Crippen LogP contribution is -2.28. The molecular weight excluding hydrogens is 358 g/mol. The number of carbonyl (C=O) groups excluding carboxylic acids is 2. The maximum Gasteiger partial charge on any atom is 0.269 e. The van der Waals surface area contributed by atoms with Crippen LogP contribution in [0.2, 0.25) is 0 Å². The minimum Gasteiger partial charge on any atom is -0.320 e. The SMILES string of the molecule is O=C1Nc2ccccc2N(C(=O)Cc2ccc([N+](=O)[O-])cc2)c2ccccc21. The number of hydrogen-bond donors (Lipinski definition) is 1. The number of non-ortho nitro benzene ring substituents is 1. The van der Waals surface area contributed by atoms with Crippen LogP contribution >= 0.6 is 0 Å². The lowest BCUT2D eigenvalue weighted by atomic mass is 10.1. The molecule has 7 nitrogen and oxygen atoms in total. The monoisotopic (exact) mass is 373 g/mol. The zero-order valence-electron chi connectivity index (χ0n) is 14.7. The van der Waals surface area contributed by atoms with E-state index in [0.29, 0.717) is 28.2 Å². The van der Waals surface area contributed by atoms with Gasteiger partial charge in [0.2, 0.25) is 5.91 Å². The first-order valence-corrected chi connectivity index (χ1v) is 8.60. The highest BCUT2D eigenvalue weighted by molar-refractivity contribution is 6.17. The van der Waals surface area contributed by atoms with E-state index >= 15 is 0 Å². The van der Waals surface area contributed by atoms with Gasteiger partial charge in [0.1, 0.15) is 0 Å². The second-order valence-corrected chi connectivity index (χ2v) is 6.32. The van der Waals surface area contributed by atoms with E-state index in [1.165, 1.54) is 17.0 Å². The van der Waals surface area contributed by atoms with Crippen molar-refractivity contribution >= 4 is 34.6 Å². The number of hydrogen-bond acceptors (Lipinski definition) is 4. The van der Waals surface area contributed by atoms with Crippen molar-refractivity contribution in [3.8, 4) is 0 Å². The fourth-order valence-corrected chi connectivity index (χ4v) is 3.21. The van der Waals surface area contributed by atoms with Gasteiger partial charge in [-0.05, 0) is 29.8 Å². The summed E-state index contributed by atoms with van der Waals surface area (Å²) in [6.45, 7) is 0. The predicted octanol–water partition coefficient (Wildman–Crippen LogP) is 4.07. The molecule has 4 rings (SSSR count). The molecule has 0 spiro atoms. The van der Waals surface area contributed by atoms with Crippen LogP contribution in [0, 0.1) is 10.1 Å². The Bertz CT molecular complexity index is 1090. The van der Waals surface area contributed by atoms with E-state index in [0.717, 1.165) is 0 Å². The topological polar surface area (TPSA) is 92.6 Å². The van der Waals surface area contributed by atoms with Gasteiger partial charge in [-0.25, -0.2) is 0 Å². The Morgan fingerprint density at radius 1 is 0.929 bits per heavy atom. The molecule has 1 aliphatic rings. The highest BCUT2D eigenvalue weighted by Crippen LogP contribution is 2.38. The van der Waals surface area contributed by atoms with Crippen molar-refractivity contribution < 1.29 is 14.5 Å². The lowest BCUT2D eigenvalue weighted by Gasteiger charge is -2.24. The van der Waals surface area contributed by atoms with E-state index in [2.05, 4.69) is 5.32 Å². The summed E-state index contributed by atoms with van der Waals surface area (Å²) in [5.74, 6) is -0.529. The first-order chi connectivity index (χ1) is 13.5. The van der Waals surface area contributed by atoms with E-state index in [1.807, 2.05) is 0 Å². The Kier molecular flexibility index (Phi) is 4.33. The summed E-state index contributed by atoms with van der Waals surface area (Å²) in [7, 11) is 0. The lowest BCUT2D eigenvalue weighted by molar-refractivity contribution is -0.384. The van der Waals surface area contributed by atoms with Gasteiger partial charge in [-0.15, -0.1) is 0 Å². The highest BCUT2D eigenvalue weighted by atomic mass is 16.6. The van der Waals surface area contributed by atoms with E-state index in [9.17, 15) is 19.7 Å². The molecule has 28 heavy (non-hydrogen) atoms. The zero-order chi connectivity index (χ0) is 19.7. The zero-order valence-corrected chi connectivity index (χ0v) is 14.7. The third-order valence-corrected chi connectivity index (χ3v) is 4.53. The Balaban J connectivity index is 1.75. The Hall–Kier alpha value is -4.00. The Labute approximate surface area is 160 Å². The van der Waals surface area contributed by atoms with E-state index in [1.54, 1.807) is 60.7 Å². The summed E-state index contributed by atoms with van der Waals surface area (Å²) in [6, 6.07) is 19.9. The number of nitrogens with zero attached hydrogens (tertiary/aromatic N) is 2. The quantitative estimate of drug-likeness (QED) is 0.553. The predicted molar refractivity (Wildman–Crippen MR) is 105 cm³/mol. The van der Waals surface area contributed by atoms with E-state index in [-0.39, 0.29) is 23.9 Å². The summed E-state index contributed by atoms with van der Waals surface area (Å²) in [5.41, 5.74) is 2.63. The number of fused-ring (bicyclic) bond motifs is 2. The van der Waals surface area contributed by atoms with Crippen LogP contribution in [0.3, 0.4) is 0 Å². The second-order valence-electron chi connectivity index (χ2n) is 6.32. The molecule has 0 saturated heterocycles. The fourth-order valence-electron chi connectivity index (χ4n) is 3.21. The standard InChI is InChI=1S/C21H15N3O4/c25-20(13-14-9-11-15(12-10-14)24(27)28)23-18-7-3-1-5-16(18)21(26)22-17-6-2-4-8-19(17)23/h1-12H,13H2,(H,22,26). The summed E-state index contributed by atoms with van der Waals surface area (Å²) < 4.78 is 0. The van der Waals surface area contributed by atoms with Gasteiger partial charge in [-0.3, -0.25) is 24.6 Å². The van der Waals surface area contributed by atoms with Crippen LogP contribution in [-0.2, 0) is 11.2 Å². The van der Waals surface area contributed by atoms with Crippen LogP contribution in [0.5, 0.6) is 0 Å². The van der Waals surface area contributed by atoms with Crippen LogP contribution in [-0.4, -0.2) is 16.7 Å². The second kappa shape index (κ2) is 6.96. The van der Waals surface area contributed by atoms with Gasteiger partial charge in [-0.2, -0.15) is 0 Å². The first-order valence-electron chi connectivity index (χ1n) is 8.60. The van der Waals surface area contributed by atoms with Gasteiger partial charge < -0.3 is 5.32 Å². The molecule has 2 amide bonds. The average molecular weight is 373 g/mol. The number of para-hydroxylation sites is 3.